The Morgan fingerprint density at radius 1 is 1.26 bits per heavy atom. The van der Waals surface area contributed by atoms with Crippen LogP contribution in [0.1, 0.15) is 11.1 Å². The van der Waals surface area contributed by atoms with Crippen molar-refractivity contribution in [2.24, 2.45) is 0 Å². The first-order valence-corrected chi connectivity index (χ1v) is 8.68. The first kappa shape index (κ1) is 16.0. The van der Waals surface area contributed by atoms with Crippen molar-refractivity contribution in [1.29, 1.82) is 0 Å². The quantitative estimate of drug-likeness (QED) is 0.876. The summed E-state index contributed by atoms with van der Waals surface area (Å²) in [6.07, 6.45) is 0. The fourth-order valence-corrected chi connectivity index (χ4v) is 3.17. The minimum Gasteiger partial charge on any atom is -0.454 e. The molecule has 0 bridgehead atoms. The van der Waals surface area contributed by atoms with Gasteiger partial charge in [-0.25, -0.2) is 0 Å². The molecule has 4 nitrogen and oxygen atoms in total. The number of hydrogen-bond acceptors (Lipinski definition) is 4. The van der Waals surface area contributed by atoms with Gasteiger partial charge in [0.2, 0.25) is 12.7 Å². The molecule has 2 aromatic rings. The van der Waals surface area contributed by atoms with Gasteiger partial charge in [0.1, 0.15) is 0 Å². The Kier molecular flexibility index (Phi) is 4.98. The van der Waals surface area contributed by atoms with Gasteiger partial charge in [-0.2, -0.15) is 0 Å². The number of anilines is 1. The second-order valence-electron chi connectivity index (χ2n) is 5.14. The van der Waals surface area contributed by atoms with E-state index >= 15 is 0 Å². The smallest absolute Gasteiger partial charge is 0.234 e. The fourth-order valence-electron chi connectivity index (χ4n) is 2.22. The van der Waals surface area contributed by atoms with Crippen molar-refractivity contribution in [3.63, 3.8) is 0 Å². The zero-order valence-electron chi connectivity index (χ0n) is 12.6. The summed E-state index contributed by atoms with van der Waals surface area (Å²) in [5.41, 5.74) is 2.74. The van der Waals surface area contributed by atoms with Crippen LogP contribution in [0.5, 0.6) is 11.5 Å². The van der Waals surface area contributed by atoms with Crippen molar-refractivity contribution in [2.45, 2.75) is 12.7 Å². The van der Waals surface area contributed by atoms with Crippen LogP contribution in [0, 0.1) is 6.92 Å². The van der Waals surface area contributed by atoms with Gasteiger partial charge in [0.05, 0.1) is 5.75 Å². The summed E-state index contributed by atoms with van der Waals surface area (Å²) in [6, 6.07) is 11.3. The molecule has 1 N–H and O–H groups in total. The average molecular weight is 350 g/mol. The molecule has 0 saturated carbocycles. The Morgan fingerprint density at radius 2 is 2.09 bits per heavy atom. The second-order valence-corrected chi connectivity index (χ2v) is 6.53. The highest BCUT2D eigenvalue weighted by Crippen LogP contribution is 2.33. The maximum Gasteiger partial charge on any atom is 0.234 e. The lowest BCUT2D eigenvalue weighted by Crippen LogP contribution is -2.15. The normalized spacial score (nSPS) is 12.3. The third kappa shape index (κ3) is 3.92. The molecule has 23 heavy (non-hydrogen) atoms. The second kappa shape index (κ2) is 7.15. The molecule has 0 unspecified atom stereocenters. The number of rotatable bonds is 5. The van der Waals surface area contributed by atoms with Gasteiger partial charge in [-0.3, -0.25) is 4.79 Å². The van der Waals surface area contributed by atoms with Crippen LogP contribution in [0.25, 0.3) is 0 Å². The third-order valence-corrected chi connectivity index (χ3v) is 4.89. The standard InChI is InChI=1S/C17H16ClNO3S/c1-11-13(18)3-2-4-14(11)19-17(20)9-23-8-12-5-6-15-16(7-12)22-10-21-15/h2-7H,8-10H2,1H3,(H,19,20). The van der Waals surface area contributed by atoms with E-state index in [2.05, 4.69) is 5.32 Å². The molecule has 3 rings (SSSR count). The van der Waals surface area contributed by atoms with Crippen molar-refractivity contribution in [2.75, 3.05) is 17.9 Å². The average Bonchev–Trinajstić information content (AvgIpc) is 2.99. The molecule has 2 aromatic carbocycles. The fraction of sp³-hybridized carbons (Fsp3) is 0.235. The molecule has 0 radical (unpaired) electrons. The van der Waals surface area contributed by atoms with Gasteiger partial charge in [-0.1, -0.05) is 23.7 Å². The lowest BCUT2D eigenvalue weighted by molar-refractivity contribution is -0.113. The SMILES string of the molecule is Cc1c(Cl)cccc1NC(=O)CSCc1ccc2c(c1)OCO2. The lowest BCUT2D eigenvalue weighted by Gasteiger charge is -2.09. The Labute approximate surface area is 144 Å². The predicted octanol–water partition coefficient (Wildman–Crippen LogP) is 4.25. The minimum atomic E-state index is -0.0406. The van der Waals surface area contributed by atoms with E-state index in [1.165, 1.54) is 0 Å². The molecule has 0 atom stereocenters. The largest absolute Gasteiger partial charge is 0.454 e. The van der Waals surface area contributed by atoms with E-state index in [0.717, 1.165) is 34.1 Å². The van der Waals surface area contributed by atoms with Crippen molar-refractivity contribution in [1.82, 2.24) is 0 Å². The molecule has 0 aliphatic carbocycles. The van der Waals surface area contributed by atoms with E-state index in [1.807, 2.05) is 37.3 Å². The zero-order chi connectivity index (χ0) is 16.2. The highest BCUT2D eigenvalue weighted by Gasteiger charge is 2.13. The topological polar surface area (TPSA) is 47.6 Å². The Bertz CT molecular complexity index is 736. The van der Waals surface area contributed by atoms with Crippen molar-refractivity contribution < 1.29 is 14.3 Å². The molecule has 1 aliphatic rings. The van der Waals surface area contributed by atoms with E-state index in [-0.39, 0.29) is 12.7 Å². The first-order chi connectivity index (χ1) is 11.1. The van der Waals surface area contributed by atoms with Crippen LogP contribution < -0.4 is 14.8 Å². The minimum absolute atomic E-state index is 0.0406. The number of carbonyl (C=O) groups excluding carboxylic acids is 1. The van der Waals surface area contributed by atoms with Gasteiger partial charge in [-0.15, -0.1) is 11.8 Å². The summed E-state index contributed by atoms with van der Waals surface area (Å²) in [7, 11) is 0. The molecule has 6 heteroatoms. The van der Waals surface area contributed by atoms with Gasteiger partial charge in [0.15, 0.2) is 11.5 Å². The molecular weight excluding hydrogens is 334 g/mol. The molecule has 0 saturated heterocycles. The van der Waals surface area contributed by atoms with Gasteiger partial charge in [-0.05, 0) is 42.3 Å². The van der Waals surface area contributed by atoms with Gasteiger partial charge < -0.3 is 14.8 Å². The highest BCUT2D eigenvalue weighted by molar-refractivity contribution is 7.99. The van der Waals surface area contributed by atoms with Gasteiger partial charge >= 0.3 is 0 Å². The predicted molar refractivity (Wildman–Crippen MR) is 93.5 cm³/mol. The van der Waals surface area contributed by atoms with Crippen molar-refractivity contribution in [3.8, 4) is 11.5 Å². The summed E-state index contributed by atoms with van der Waals surface area (Å²) < 4.78 is 10.6. The molecule has 120 valence electrons. The number of halogens is 1. The van der Waals surface area contributed by atoms with E-state index < -0.39 is 0 Å². The number of amides is 1. The first-order valence-electron chi connectivity index (χ1n) is 7.15. The number of benzene rings is 2. The summed E-state index contributed by atoms with van der Waals surface area (Å²) in [5, 5.41) is 3.54. The van der Waals surface area contributed by atoms with E-state index in [0.29, 0.717) is 10.8 Å². The number of fused-ring (bicyclic) bond motifs is 1. The highest BCUT2D eigenvalue weighted by atomic mass is 35.5. The zero-order valence-corrected chi connectivity index (χ0v) is 14.2. The molecule has 0 spiro atoms. The van der Waals surface area contributed by atoms with Crippen LogP contribution in [-0.2, 0) is 10.5 Å². The van der Waals surface area contributed by atoms with Crippen LogP contribution in [0.4, 0.5) is 5.69 Å². The number of thioether (sulfide) groups is 1. The summed E-state index contributed by atoms with van der Waals surface area (Å²) >= 11 is 7.60. The summed E-state index contributed by atoms with van der Waals surface area (Å²) in [6.45, 7) is 2.16. The summed E-state index contributed by atoms with van der Waals surface area (Å²) in [4.78, 5) is 12.0. The van der Waals surface area contributed by atoms with E-state index in [4.69, 9.17) is 21.1 Å². The van der Waals surface area contributed by atoms with Crippen LogP contribution in [0.3, 0.4) is 0 Å². The Balaban J connectivity index is 1.50. The molecule has 1 amide bonds. The molecule has 0 fully saturated rings. The monoisotopic (exact) mass is 349 g/mol. The van der Waals surface area contributed by atoms with Crippen LogP contribution >= 0.6 is 23.4 Å². The summed E-state index contributed by atoms with van der Waals surface area (Å²) in [5.74, 6) is 2.61. The van der Waals surface area contributed by atoms with Crippen LogP contribution in [0.15, 0.2) is 36.4 Å². The molecule has 0 aromatic heterocycles. The maximum atomic E-state index is 12.0. The van der Waals surface area contributed by atoms with Gasteiger partial charge in [0.25, 0.3) is 0 Å². The number of ether oxygens (including phenoxy) is 2. The number of hydrogen-bond donors (Lipinski definition) is 1. The molecule has 1 aliphatic heterocycles. The number of carbonyl (C=O) groups is 1. The van der Waals surface area contributed by atoms with E-state index in [1.54, 1.807) is 17.8 Å². The maximum absolute atomic E-state index is 12.0. The molecular formula is C17H16ClNO3S. The van der Waals surface area contributed by atoms with E-state index in [9.17, 15) is 4.79 Å². The lowest BCUT2D eigenvalue weighted by atomic mass is 10.2. The Hall–Kier alpha value is -1.85. The van der Waals surface area contributed by atoms with Crippen molar-refractivity contribution in [3.05, 3.63) is 52.5 Å². The Morgan fingerprint density at radius 3 is 2.96 bits per heavy atom. The van der Waals surface area contributed by atoms with Gasteiger partial charge in [0, 0.05) is 16.5 Å². The molecule has 1 heterocycles. The van der Waals surface area contributed by atoms with Crippen LogP contribution in [0.2, 0.25) is 5.02 Å². The van der Waals surface area contributed by atoms with Crippen molar-refractivity contribution >= 4 is 35.0 Å². The number of nitrogens with one attached hydrogen (secondary N) is 1. The van der Waals surface area contributed by atoms with Crippen LogP contribution in [-0.4, -0.2) is 18.5 Å². The third-order valence-electron chi connectivity index (χ3n) is 3.48.